The van der Waals surface area contributed by atoms with Gasteiger partial charge in [0.2, 0.25) is 0 Å². The van der Waals surface area contributed by atoms with Crippen molar-refractivity contribution in [2.24, 2.45) is 0 Å². The van der Waals surface area contributed by atoms with Crippen molar-refractivity contribution in [3.05, 3.63) is 60.2 Å². The van der Waals surface area contributed by atoms with Crippen molar-refractivity contribution < 1.29 is 13.2 Å². The molecule has 0 atom stereocenters. The highest BCUT2D eigenvalue weighted by Gasteiger charge is 2.21. The van der Waals surface area contributed by atoms with E-state index in [1.807, 2.05) is 12.1 Å². The fourth-order valence-corrected chi connectivity index (χ4v) is 3.44. The molecule has 0 aliphatic heterocycles. The topological polar surface area (TPSA) is 81.5 Å². The molecule has 0 bridgehead atoms. The minimum atomic E-state index is -3.70. The van der Waals surface area contributed by atoms with Crippen LogP contribution in [0, 0.1) is 11.3 Å². The van der Waals surface area contributed by atoms with Crippen LogP contribution in [-0.2, 0) is 10.0 Å². The summed E-state index contributed by atoms with van der Waals surface area (Å²) in [5, 5.41) is 8.58. The molecule has 0 aliphatic carbocycles. The summed E-state index contributed by atoms with van der Waals surface area (Å²) in [4.78, 5) is 13.8. The van der Waals surface area contributed by atoms with Crippen molar-refractivity contribution in [3.8, 4) is 6.07 Å². The van der Waals surface area contributed by atoms with Gasteiger partial charge in [-0.2, -0.15) is 5.26 Å². The first-order chi connectivity index (χ1) is 11.9. The summed E-state index contributed by atoms with van der Waals surface area (Å²) in [6.07, 6.45) is 0.247. The summed E-state index contributed by atoms with van der Waals surface area (Å²) in [6.45, 7) is 0.326. The van der Waals surface area contributed by atoms with E-state index in [2.05, 4.69) is 0 Å². The Labute approximate surface area is 148 Å². The van der Waals surface area contributed by atoms with Gasteiger partial charge in [0.05, 0.1) is 23.1 Å². The molecule has 1 amide bonds. The van der Waals surface area contributed by atoms with Crippen LogP contribution >= 0.6 is 0 Å². The molecule has 0 fully saturated rings. The number of sulfonamides is 1. The number of hydrogen-bond donors (Lipinski definition) is 0. The molecule has 0 heterocycles. The Morgan fingerprint density at radius 1 is 1.04 bits per heavy atom. The van der Waals surface area contributed by atoms with Gasteiger partial charge >= 0.3 is 0 Å². The zero-order valence-corrected chi connectivity index (χ0v) is 14.9. The summed E-state index contributed by atoms with van der Waals surface area (Å²) < 4.78 is 26.6. The SMILES string of the molecule is CN(CCC#N)C(=O)c1ccc(S(=O)(=O)N(C)c2ccccc2)cc1. The van der Waals surface area contributed by atoms with Crippen molar-refractivity contribution in [3.63, 3.8) is 0 Å². The average Bonchev–Trinajstić information content (AvgIpc) is 2.65. The van der Waals surface area contributed by atoms with Crippen LogP contribution in [0.4, 0.5) is 5.69 Å². The highest BCUT2D eigenvalue weighted by molar-refractivity contribution is 7.92. The molecule has 2 rings (SSSR count). The van der Waals surface area contributed by atoms with Crippen molar-refractivity contribution in [1.29, 1.82) is 5.26 Å². The van der Waals surface area contributed by atoms with E-state index >= 15 is 0 Å². The third-order valence-electron chi connectivity index (χ3n) is 3.79. The number of carbonyl (C=O) groups excluding carboxylic acids is 1. The maximum Gasteiger partial charge on any atom is 0.264 e. The number of carbonyl (C=O) groups is 1. The molecule has 0 unspecified atom stereocenters. The lowest BCUT2D eigenvalue weighted by Gasteiger charge is -2.20. The van der Waals surface area contributed by atoms with Gasteiger partial charge in [-0.25, -0.2) is 8.42 Å². The first-order valence-electron chi connectivity index (χ1n) is 7.64. The summed E-state index contributed by atoms with van der Waals surface area (Å²) in [7, 11) is -0.613. The van der Waals surface area contributed by atoms with Crippen LogP contribution in [0.1, 0.15) is 16.8 Å². The quantitative estimate of drug-likeness (QED) is 0.795. The lowest BCUT2D eigenvalue weighted by molar-refractivity contribution is 0.0798. The third-order valence-corrected chi connectivity index (χ3v) is 5.58. The Balaban J connectivity index is 2.21. The normalized spacial score (nSPS) is 10.8. The minimum absolute atomic E-state index is 0.107. The van der Waals surface area contributed by atoms with Gasteiger partial charge in [0.25, 0.3) is 15.9 Å². The van der Waals surface area contributed by atoms with E-state index < -0.39 is 10.0 Å². The Bertz CT molecular complexity index is 872. The number of amides is 1. The van der Waals surface area contributed by atoms with Crippen LogP contribution in [0.15, 0.2) is 59.5 Å². The molecule has 130 valence electrons. The van der Waals surface area contributed by atoms with Crippen LogP contribution in [0.2, 0.25) is 0 Å². The van der Waals surface area contributed by atoms with E-state index in [0.717, 1.165) is 0 Å². The van der Waals surface area contributed by atoms with Crippen molar-refractivity contribution in [2.75, 3.05) is 24.9 Å². The Morgan fingerprint density at radius 2 is 1.64 bits per heavy atom. The monoisotopic (exact) mass is 357 g/mol. The number of rotatable bonds is 6. The van der Waals surface area contributed by atoms with Crippen LogP contribution in [-0.4, -0.2) is 39.9 Å². The number of hydrogen-bond acceptors (Lipinski definition) is 4. The number of benzene rings is 2. The minimum Gasteiger partial charge on any atom is -0.341 e. The average molecular weight is 357 g/mol. The van der Waals surface area contributed by atoms with Crippen molar-refractivity contribution in [2.45, 2.75) is 11.3 Å². The maximum absolute atomic E-state index is 12.7. The molecule has 2 aromatic carbocycles. The van der Waals surface area contributed by atoms with Crippen LogP contribution in [0.3, 0.4) is 0 Å². The lowest BCUT2D eigenvalue weighted by Crippen LogP contribution is -2.28. The fourth-order valence-electron chi connectivity index (χ4n) is 2.24. The molecular formula is C18H19N3O3S. The molecule has 2 aromatic rings. The van der Waals surface area contributed by atoms with Gasteiger partial charge in [0, 0.05) is 26.2 Å². The highest BCUT2D eigenvalue weighted by atomic mass is 32.2. The van der Waals surface area contributed by atoms with E-state index in [-0.39, 0.29) is 17.2 Å². The summed E-state index contributed by atoms with van der Waals surface area (Å²) >= 11 is 0. The Hall–Kier alpha value is -2.85. The van der Waals surface area contributed by atoms with E-state index in [0.29, 0.717) is 17.8 Å². The molecule has 0 N–H and O–H groups in total. The number of para-hydroxylation sites is 1. The third kappa shape index (κ3) is 4.17. The predicted octanol–water partition coefficient (Wildman–Crippen LogP) is 2.50. The lowest BCUT2D eigenvalue weighted by atomic mass is 10.2. The van der Waals surface area contributed by atoms with Crippen LogP contribution < -0.4 is 4.31 Å². The summed E-state index contributed by atoms with van der Waals surface area (Å²) in [6, 6.07) is 16.5. The first kappa shape index (κ1) is 18.5. The molecule has 7 heteroatoms. The molecule has 0 spiro atoms. The predicted molar refractivity (Wildman–Crippen MR) is 95.7 cm³/mol. The Morgan fingerprint density at radius 3 is 2.20 bits per heavy atom. The van der Waals surface area contributed by atoms with Crippen LogP contribution in [0.25, 0.3) is 0 Å². The zero-order chi connectivity index (χ0) is 18.4. The van der Waals surface area contributed by atoms with Gasteiger partial charge in [0.15, 0.2) is 0 Å². The summed E-state index contributed by atoms with van der Waals surface area (Å²) in [5.41, 5.74) is 0.931. The van der Waals surface area contributed by atoms with E-state index in [1.54, 1.807) is 31.3 Å². The molecule has 0 aromatic heterocycles. The van der Waals surface area contributed by atoms with E-state index in [9.17, 15) is 13.2 Å². The first-order valence-corrected chi connectivity index (χ1v) is 9.08. The van der Waals surface area contributed by atoms with Gasteiger partial charge in [0.1, 0.15) is 0 Å². The number of nitriles is 1. The molecule has 0 radical (unpaired) electrons. The van der Waals surface area contributed by atoms with Gasteiger partial charge in [-0.1, -0.05) is 18.2 Å². The highest BCUT2D eigenvalue weighted by Crippen LogP contribution is 2.22. The van der Waals surface area contributed by atoms with Crippen LogP contribution in [0.5, 0.6) is 0 Å². The standard InChI is InChI=1S/C18H19N3O3S/c1-20(14-6-13-19)18(22)15-9-11-17(12-10-15)25(23,24)21(2)16-7-4-3-5-8-16/h3-5,7-12H,6,14H2,1-2H3. The molecule has 0 saturated carbocycles. The summed E-state index contributed by atoms with van der Waals surface area (Å²) in [5.74, 6) is -0.254. The number of anilines is 1. The fraction of sp³-hybridized carbons (Fsp3) is 0.222. The molecule has 0 aliphatic rings. The Kier molecular flexibility index (Phi) is 5.78. The second-order valence-electron chi connectivity index (χ2n) is 5.47. The second-order valence-corrected chi connectivity index (χ2v) is 7.44. The zero-order valence-electron chi connectivity index (χ0n) is 14.1. The number of nitrogens with zero attached hydrogens (tertiary/aromatic N) is 3. The molecule has 6 nitrogen and oxygen atoms in total. The largest absolute Gasteiger partial charge is 0.341 e. The van der Waals surface area contributed by atoms with Gasteiger partial charge < -0.3 is 4.90 Å². The van der Waals surface area contributed by atoms with Crippen molar-refractivity contribution >= 4 is 21.6 Å². The molecular weight excluding hydrogens is 338 g/mol. The van der Waals surface area contributed by atoms with Crippen molar-refractivity contribution in [1.82, 2.24) is 4.90 Å². The molecule has 0 saturated heterocycles. The van der Waals surface area contributed by atoms with E-state index in [4.69, 9.17) is 5.26 Å². The van der Waals surface area contributed by atoms with Gasteiger partial charge in [-0.15, -0.1) is 0 Å². The van der Waals surface area contributed by atoms with Gasteiger partial charge in [-0.3, -0.25) is 9.10 Å². The van der Waals surface area contributed by atoms with Gasteiger partial charge in [-0.05, 0) is 36.4 Å². The molecule has 25 heavy (non-hydrogen) atoms. The van der Waals surface area contributed by atoms with E-state index in [1.165, 1.54) is 40.5 Å². The maximum atomic E-state index is 12.7. The second kappa shape index (κ2) is 7.81. The smallest absolute Gasteiger partial charge is 0.264 e.